The van der Waals surface area contributed by atoms with Crippen LogP contribution in [0.1, 0.15) is 13.3 Å². The maximum Gasteiger partial charge on any atom is 0.206 e. The van der Waals surface area contributed by atoms with E-state index in [1.165, 1.54) is 0 Å². The van der Waals surface area contributed by atoms with Gasteiger partial charge in [-0.1, -0.05) is 6.92 Å². The summed E-state index contributed by atoms with van der Waals surface area (Å²) in [5.41, 5.74) is 4.72. The molecule has 7 heavy (non-hydrogen) atoms. The zero-order valence-electron chi connectivity index (χ0n) is 4.19. The van der Waals surface area contributed by atoms with E-state index >= 15 is 0 Å². The summed E-state index contributed by atoms with van der Waals surface area (Å²) in [5, 5.41) is 0. The van der Waals surface area contributed by atoms with Crippen LogP contribution < -0.4 is 5.73 Å². The minimum Gasteiger partial charge on any atom is -0.359 e. The van der Waals surface area contributed by atoms with Crippen molar-refractivity contribution in [1.82, 2.24) is 0 Å². The third-order valence-corrected chi connectivity index (χ3v) is 0.533. The highest BCUT2D eigenvalue weighted by atomic mass is 16.1. The third-order valence-electron chi connectivity index (χ3n) is 0.533. The Kier molecular flexibility index (Phi) is 2.78. The van der Waals surface area contributed by atoms with Crippen LogP contribution in [-0.4, -0.2) is 5.78 Å². The zero-order chi connectivity index (χ0) is 5.70. The summed E-state index contributed by atoms with van der Waals surface area (Å²) >= 11 is 0. The van der Waals surface area contributed by atoms with Gasteiger partial charge in [0.25, 0.3) is 0 Å². The first-order valence-electron chi connectivity index (χ1n) is 2.05. The Hall–Kier alpha value is -0.970. The highest BCUT2D eigenvalue weighted by molar-refractivity contribution is 5.94. The number of Topliss-reactive ketones (excluding diaryl/α,β-unsaturated/α-hetero) is 1. The summed E-state index contributed by atoms with van der Waals surface area (Å²) in [6, 6.07) is 2.02. The van der Waals surface area contributed by atoms with Gasteiger partial charge in [-0.15, -0.1) is 0 Å². The van der Waals surface area contributed by atoms with Gasteiger partial charge in [-0.3, -0.25) is 4.79 Å². The van der Waals surface area contributed by atoms with Crippen LogP contribution in [0.3, 0.4) is 0 Å². The van der Waals surface area contributed by atoms with E-state index in [1.54, 1.807) is 6.92 Å². The Labute approximate surface area is 42.7 Å². The summed E-state index contributed by atoms with van der Waals surface area (Å²) in [5.74, 6) is 2.08. The standard InChI is InChI=1S/C5H7NO/c1-2-5(7)3-4-6/h2,6H2,1H3. The lowest BCUT2D eigenvalue weighted by Gasteiger charge is -1.73. The van der Waals surface area contributed by atoms with Crippen LogP contribution in [0, 0.1) is 12.0 Å². The first-order valence-corrected chi connectivity index (χ1v) is 2.05. The van der Waals surface area contributed by atoms with Crippen molar-refractivity contribution in [3.05, 3.63) is 0 Å². The molecule has 0 aliphatic heterocycles. The molecule has 0 radical (unpaired) electrons. The second-order valence-electron chi connectivity index (χ2n) is 1.05. The van der Waals surface area contributed by atoms with Gasteiger partial charge in [-0.25, -0.2) is 0 Å². The maximum absolute atomic E-state index is 10.2. The summed E-state index contributed by atoms with van der Waals surface area (Å²) in [4.78, 5) is 10.2. The van der Waals surface area contributed by atoms with Crippen LogP contribution in [0.4, 0.5) is 0 Å². The summed E-state index contributed by atoms with van der Waals surface area (Å²) in [7, 11) is 0. The topological polar surface area (TPSA) is 43.1 Å². The second kappa shape index (κ2) is 3.23. The average Bonchev–Trinajstić information content (AvgIpc) is 1.68. The van der Waals surface area contributed by atoms with Crippen molar-refractivity contribution in [2.45, 2.75) is 13.3 Å². The lowest BCUT2D eigenvalue weighted by molar-refractivity contribution is -0.113. The molecule has 2 nitrogen and oxygen atoms in total. The number of rotatable bonds is 1. The van der Waals surface area contributed by atoms with E-state index in [9.17, 15) is 4.79 Å². The van der Waals surface area contributed by atoms with E-state index in [2.05, 4.69) is 5.92 Å². The molecule has 0 amide bonds. The Morgan fingerprint density at radius 1 is 1.86 bits per heavy atom. The Morgan fingerprint density at radius 3 is 2.57 bits per heavy atom. The fraction of sp³-hybridized carbons (Fsp3) is 0.400. The summed E-state index contributed by atoms with van der Waals surface area (Å²) in [6.45, 7) is 1.74. The van der Waals surface area contributed by atoms with Crippen molar-refractivity contribution in [1.29, 1.82) is 0 Å². The van der Waals surface area contributed by atoms with Crippen molar-refractivity contribution in [2.24, 2.45) is 5.73 Å². The molecule has 0 aromatic carbocycles. The Morgan fingerprint density at radius 2 is 2.43 bits per heavy atom. The van der Waals surface area contributed by atoms with Gasteiger partial charge in [-0.2, -0.15) is 0 Å². The minimum absolute atomic E-state index is 0.109. The quantitative estimate of drug-likeness (QED) is 0.366. The highest BCUT2D eigenvalue weighted by Gasteiger charge is 1.84. The molecule has 0 saturated carbocycles. The van der Waals surface area contributed by atoms with Gasteiger partial charge < -0.3 is 5.73 Å². The average molecular weight is 97.1 g/mol. The molecule has 2 heteroatoms. The lowest BCUT2D eigenvalue weighted by atomic mass is 10.3. The first-order chi connectivity index (χ1) is 3.31. The largest absolute Gasteiger partial charge is 0.359 e. The predicted octanol–water partition coefficient (Wildman–Crippen LogP) is -0.115. The summed E-state index contributed by atoms with van der Waals surface area (Å²) in [6.07, 6.45) is 0.449. The Balaban J connectivity index is 3.52. The molecule has 0 bridgehead atoms. The van der Waals surface area contributed by atoms with Crippen LogP contribution in [0.25, 0.3) is 0 Å². The van der Waals surface area contributed by atoms with Crippen molar-refractivity contribution < 1.29 is 4.79 Å². The van der Waals surface area contributed by atoms with Crippen molar-refractivity contribution in [3.8, 4) is 12.0 Å². The van der Waals surface area contributed by atoms with Gasteiger partial charge >= 0.3 is 0 Å². The minimum atomic E-state index is -0.109. The van der Waals surface area contributed by atoms with Gasteiger partial charge in [-0.05, 0) is 5.92 Å². The van der Waals surface area contributed by atoms with Crippen LogP contribution >= 0.6 is 0 Å². The van der Waals surface area contributed by atoms with E-state index in [1.807, 2.05) is 6.04 Å². The van der Waals surface area contributed by atoms with Crippen LogP contribution in [0.2, 0.25) is 0 Å². The zero-order valence-corrected chi connectivity index (χ0v) is 4.19. The lowest BCUT2D eigenvalue weighted by Crippen LogP contribution is -1.90. The second-order valence-corrected chi connectivity index (χ2v) is 1.05. The van der Waals surface area contributed by atoms with Gasteiger partial charge in [0.1, 0.15) is 0 Å². The van der Waals surface area contributed by atoms with E-state index in [0.29, 0.717) is 6.42 Å². The number of hydrogen-bond acceptors (Lipinski definition) is 2. The Bertz CT molecular complexity index is 118. The molecule has 0 heterocycles. The van der Waals surface area contributed by atoms with Crippen LogP contribution in [0.15, 0.2) is 0 Å². The third kappa shape index (κ3) is 2.84. The number of ketones is 1. The smallest absolute Gasteiger partial charge is 0.206 e. The monoisotopic (exact) mass is 97.1 g/mol. The molecule has 0 atom stereocenters. The van der Waals surface area contributed by atoms with Crippen LogP contribution in [-0.2, 0) is 4.79 Å². The van der Waals surface area contributed by atoms with E-state index in [0.717, 1.165) is 0 Å². The molecule has 0 aromatic rings. The predicted molar refractivity (Wildman–Crippen MR) is 27.3 cm³/mol. The molecular weight excluding hydrogens is 90.1 g/mol. The van der Waals surface area contributed by atoms with Gasteiger partial charge in [0.05, 0.1) is 0 Å². The maximum atomic E-state index is 10.2. The molecule has 0 aromatic heterocycles. The molecular formula is C5H7NO. The molecule has 0 rings (SSSR count). The molecule has 0 spiro atoms. The van der Waals surface area contributed by atoms with Gasteiger partial charge in [0, 0.05) is 12.5 Å². The normalized spacial score (nSPS) is 6.43. The van der Waals surface area contributed by atoms with Crippen molar-refractivity contribution >= 4 is 5.78 Å². The molecule has 38 valence electrons. The SMILES string of the molecule is CCC(=O)C#CN. The molecule has 2 N–H and O–H groups in total. The van der Waals surface area contributed by atoms with Gasteiger partial charge in [0.15, 0.2) is 0 Å². The number of carbonyl (C=O) groups excluding carboxylic acids is 1. The highest BCUT2D eigenvalue weighted by Crippen LogP contribution is 1.73. The fourth-order valence-corrected chi connectivity index (χ4v) is 0.169. The molecule has 0 aliphatic rings. The number of nitrogens with two attached hydrogens (primary N) is 1. The van der Waals surface area contributed by atoms with E-state index in [-0.39, 0.29) is 5.78 Å². The van der Waals surface area contributed by atoms with Gasteiger partial charge in [0.2, 0.25) is 5.78 Å². The number of carbonyl (C=O) groups is 1. The van der Waals surface area contributed by atoms with Crippen molar-refractivity contribution in [3.63, 3.8) is 0 Å². The number of hydrogen-bond donors (Lipinski definition) is 1. The fourth-order valence-electron chi connectivity index (χ4n) is 0.169. The molecule has 0 unspecified atom stereocenters. The van der Waals surface area contributed by atoms with Crippen molar-refractivity contribution in [2.75, 3.05) is 0 Å². The first kappa shape index (κ1) is 6.03. The van der Waals surface area contributed by atoms with Crippen LogP contribution in [0.5, 0.6) is 0 Å². The van der Waals surface area contributed by atoms with E-state index in [4.69, 9.17) is 5.73 Å². The molecule has 0 fully saturated rings. The summed E-state index contributed by atoms with van der Waals surface area (Å²) < 4.78 is 0. The molecule has 0 saturated heterocycles. The van der Waals surface area contributed by atoms with E-state index < -0.39 is 0 Å². The molecule has 0 aliphatic carbocycles.